The number of amides is 2. The first-order valence-electron chi connectivity index (χ1n) is 12.5. The highest BCUT2D eigenvalue weighted by molar-refractivity contribution is 5.79. The Morgan fingerprint density at radius 3 is 2.31 bits per heavy atom. The average Bonchev–Trinajstić information content (AvgIpc) is 3.16. The molecule has 4 rings (SSSR count). The predicted octanol–water partition coefficient (Wildman–Crippen LogP) is 4.65. The zero-order valence-corrected chi connectivity index (χ0v) is 20.4. The molecule has 7 heteroatoms. The molecule has 1 fully saturated rings. The maximum Gasteiger partial charge on any atom is 0.407 e. The molecule has 0 aromatic heterocycles. The highest BCUT2D eigenvalue weighted by Crippen LogP contribution is 2.44. The zero-order chi connectivity index (χ0) is 24.9. The molecule has 1 aliphatic heterocycles. The van der Waals surface area contributed by atoms with E-state index < -0.39 is 12.1 Å². The van der Waals surface area contributed by atoms with E-state index in [0.717, 1.165) is 0 Å². The molecule has 2 N–H and O–H groups in total. The van der Waals surface area contributed by atoms with E-state index in [1.165, 1.54) is 22.3 Å². The summed E-state index contributed by atoms with van der Waals surface area (Å²) in [5.74, 6) is -0.975. The SMILES string of the molecule is CC(CCNC(=O)OCC1c2ccccc2-c2ccccc21)CC(=O)N1CC[C@@H](C(=O)O)C[C@H]1C. The fraction of sp³-hybridized carbons (Fsp3) is 0.464. The third-order valence-corrected chi connectivity index (χ3v) is 7.32. The van der Waals surface area contributed by atoms with E-state index in [-0.39, 0.29) is 36.3 Å². The number of carbonyl (C=O) groups excluding carboxylic acids is 2. The summed E-state index contributed by atoms with van der Waals surface area (Å²) in [4.78, 5) is 38.1. The average molecular weight is 479 g/mol. The molecular formula is C28H34N2O5. The predicted molar refractivity (Wildman–Crippen MR) is 133 cm³/mol. The second-order valence-electron chi connectivity index (χ2n) is 9.85. The van der Waals surface area contributed by atoms with E-state index >= 15 is 0 Å². The number of hydrogen-bond acceptors (Lipinski definition) is 4. The number of nitrogens with one attached hydrogen (secondary N) is 1. The van der Waals surface area contributed by atoms with Gasteiger partial charge in [0.05, 0.1) is 5.92 Å². The summed E-state index contributed by atoms with van der Waals surface area (Å²) in [6, 6.07) is 16.4. The molecule has 0 radical (unpaired) electrons. The van der Waals surface area contributed by atoms with E-state index in [9.17, 15) is 19.5 Å². The number of aliphatic carboxylic acids is 1. The lowest BCUT2D eigenvalue weighted by atomic mass is 9.91. The van der Waals surface area contributed by atoms with Crippen molar-refractivity contribution in [2.24, 2.45) is 11.8 Å². The first-order chi connectivity index (χ1) is 16.8. The molecule has 186 valence electrons. The highest BCUT2D eigenvalue weighted by atomic mass is 16.5. The molecule has 2 aliphatic rings. The summed E-state index contributed by atoms with van der Waals surface area (Å²) < 4.78 is 5.57. The number of rotatable bonds is 8. The fourth-order valence-corrected chi connectivity index (χ4v) is 5.35. The lowest BCUT2D eigenvalue weighted by molar-refractivity contribution is -0.147. The molecule has 0 saturated carbocycles. The van der Waals surface area contributed by atoms with Gasteiger partial charge in [0.15, 0.2) is 0 Å². The number of carboxylic acids is 1. The number of nitrogens with zero attached hydrogens (tertiary/aromatic N) is 1. The number of fused-ring (bicyclic) bond motifs is 3. The maximum atomic E-state index is 12.7. The van der Waals surface area contributed by atoms with Gasteiger partial charge in [-0.25, -0.2) is 4.79 Å². The molecular weight excluding hydrogens is 444 g/mol. The minimum absolute atomic E-state index is 0.0250. The van der Waals surface area contributed by atoms with Crippen LogP contribution in [0.5, 0.6) is 0 Å². The molecule has 2 aromatic carbocycles. The van der Waals surface area contributed by atoms with E-state index in [4.69, 9.17) is 4.74 Å². The van der Waals surface area contributed by atoms with Gasteiger partial charge in [0.25, 0.3) is 0 Å². The van der Waals surface area contributed by atoms with Crippen LogP contribution in [0.1, 0.15) is 56.6 Å². The molecule has 2 amide bonds. The van der Waals surface area contributed by atoms with Crippen LogP contribution in [0, 0.1) is 11.8 Å². The summed E-state index contributed by atoms with van der Waals surface area (Å²) >= 11 is 0. The molecule has 1 heterocycles. The number of piperidine rings is 1. The number of benzene rings is 2. The van der Waals surface area contributed by atoms with E-state index in [0.29, 0.717) is 38.8 Å². The van der Waals surface area contributed by atoms with Crippen LogP contribution in [0.25, 0.3) is 11.1 Å². The van der Waals surface area contributed by atoms with E-state index in [1.54, 1.807) is 4.90 Å². The topological polar surface area (TPSA) is 95.9 Å². The summed E-state index contributed by atoms with van der Waals surface area (Å²) in [6.07, 6.45) is 1.60. The summed E-state index contributed by atoms with van der Waals surface area (Å²) in [6.45, 7) is 5.10. The number of carbonyl (C=O) groups is 3. The van der Waals surface area contributed by atoms with Crippen LogP contribution in [0.2, 0.25) is 0 Å². The third kappa shape index (κ3) is 5.66. The van der Waals surface area contributed by atoms with Crippen molar-refractivity contribution in [1.82, 2.24) is 10.2 Å². The Hall–Kier alpha value is -3.35. The van der Waals surface area contributed by atoms with Crippen molar-refractivity contribution in [2.45, 2.75) is 51.5 Å². The van der Waals surface area contributed by atoms with Crippen molar-refractivity contribution in [3.8, 4) is 11.1 Å². The van der Waals surface area contributed by atoms with Crippen LogP contribution in [-0.4, -0.2) is 53.7 Å². The lowest BCUT2D eigenvalue weighted by Crippen LogP contribution is -2.46. The molecule has 35 heavy (non-hydrogen) atoms. The molecule has 1 saturated heterocycles. The van der Waals surface area contributed by atoms with Crippen molar-refractivity contribution < 1.29 is 24.2 Å². The normalized spacial score (nSPS) is 20.0. The summed E-state index contributed by atoms with van der Waals surface area (Å²) in [7, 11) is 0. The zero-order valence-electron chi connectivity index (χ0n) is 20.4. The van der Waals surface area contributed by atoms with Crippen molar-refractivity contribution >= 4 is 18.0 Å². The Labute approximate surface area is 206 Å². The quantitative estimate of drug-likeness (QED) is 0.576. The van der Waals surface area contributed by atoms with Gasteiger partial charge in [-0.15, -0.1) is 0 Å². The minimum atomic E-state index is -0.781. The lowest BCUT2D eigenvalue weighted by Gasteiger charge is -2.36. The van der Waals surface area contributed by atoms with Gasteiger partial charge in [-0.05, 0) is 54.4 Å². The first-order valence-corrected chi connectivity index (χ1v) is 12.5. The molecule has 1 unspecified atom stereocenters. The number of carboxylic acid groups (broad SMARTS) is 1. The Balaban J connectivity index is 1.20. The Morgan fingerprint density at radius 1 is 1.09 bits per heavy atom. The van der Waals surface area contributed by atoms with Crippen LogP contribution in [-0.2, 0) is 14.3 Å². The number of alkyl carbamates (subject to hydrolysis) is 1. The fourth-order valence-electron chi connectivity index (χ4n) is 5.35. The molecule has 2 aromatic rings. The number of hydrogen-bond donors (Lipinski definition) is 2. The van der Waals surface area contributed by atoms with E-state index in [2.05, 4.69) is 29.6 Å². The smallest absolute Gasteiger partial charge is 0.407 e. The van der Waals surface area contributed by atoms with Gasteiger partial charge in [-0.2, -0.15) is 0 Å². The van der Waals surface area contributed by atoms with Gasteiger partial charge >= 0.3 is 12.1 Å². The molecule has 3 atom stereocenters. The van der Waals surface area contributed by atoms with Gasteiger partial charge in [0.1, 0.15) is 6.61 Å². The van der Waals surface area contributed by atoms with Crippen molar-refractivity contribution in [3.63, 3.8) is 0 Å². The Kier molecular flexibility index (Phi) is 7.73. The van der Waals surface area contributed by atoms with Crippen LogP contribution in [0.4, 0.5) is 4.79 Å². The van der Waals surface area contributed by atoms with Gasteiger partial charge in [-0.3, -0.25) is 9.59 Å². The third-order valence-electron chi connectivity index (χ3n) is 7.32. The summed E-state index contributed by atoms with van der Waals surface area (Å²) in [5.41, 5.74) is 4.74. The standard InChI is InChI=1S/C28H34N2O5/c1-18(15-26(31)30-14-12-20(27(32)33)16-19(30)2)11-13-29-28(34)35-17-25-23-9-5-3-7-21(23)22-8-4-6-10-24(22)25/h3-10,18-20,25H,11-17H2,1-2H3,(H,29,34)(H,32,33)/t18?,19-,20-/m1/s1. The van der Waals surface area contributed by atoms with Crippen LogP contribution in [0.15, 0.2) is 48.5 Å². The van der Waals surface area contributed by atoms with Gasteiger partial charge in [-0.1, -0.05) is 55.5 Å². The van der Waals surface area contributed by atoms with Gasteiger partial charge in [0, 0.05) is 31.5 Å². The van der Waals surface area contributed by atoms with Crippen LogP contribution >= 0.6 is 0 Å². The molecule has 7 nitrogen and oxygen atoms in total. The molecule has 0 spiro atoms. The monoisotopic (exact) mass is 478 g/mol. The van der Waals surface area contributed by atoms with Gasteiger partial charge < -0.3 is 20.1 Å². The molecule has 1 aliphatic carbocycles. The first kappa shape index (κ1) is 24.8. The van der Waals surface area contributed by atoms with Crippen molar-refractivity contribution in [1.29, 1.82) is 0 Å². The second kappa shape index (κ2) is 10.9. The highest BCUT2D eigenvalue weighted by Gasteiger charge is 2.32. The number of ether oxygens (including phenoxy) is 1. The van der Waals surface area contributed by atoms with Crippen molar-refractivity contribution in [2.75, 3.05) is 19.7 Å². The van der Waals surface area contributed by atoms with E-state index in [1.807, 2.05) is 38.1 Å². The van der Waals surface area contributed by atoms with Crippen LogP contribution < -0.4 is 5.32 Å². The second-order valence-corrected chi connectivity index (χ2v) is 9.85. The van der Waals surface area contributed by atoms with Crippen molar-refractivity contribution in [3.05, 3.63) is 59.7 Å². The van der Waals surface area contributed by atoms with Crippen LogP contribution in [0.3, 0.4) is 0 Å². The van der Waals surface area contributed by atoms with Gasteiger partial charge in [0.2, 0.25) is 5.91 Å². The maximum absolute atomic E-state index is 12.7. The Bertz CT molecular complexity index is 1040. The Morgan fingerprint density at radius 2 is 1.71 bits per heavy atom. The largest absolute Gasteiger partial charge is 0.481 e. The molecule has 0 bridgehead atoms. The number of likely N-dealkylation sites (tertiary alicyclic amines) is 1. The minimum Gasteiger partial charge on any atom is -0.481 e. The summed E-state index contributed by atoms with van der Waals surface area (Å²) in [5, 5.41) is 12.0.